The molecular weight excluding hydrogens is 230 g/mol. The van der Waals surface area contributed by atoms with E-state index in [9.17, 15) is 0 Å². The molecular formula is C6H17Cl2N2Ni. The number of halogens is 2. The van der Waals surface area contributed by atoms with E-state index < -0.39 is 10.0 Å². The SMILES string of the molecule is C[CH2][Ni]([Cl])([Cl])([N](C)C)[N](C)C. The first-order valence-electron chi connectivity index (χ1n) is 3.24. The van der Waals surface area contributed by atoms with Crippen molar-refractivity contribution in [1.82, 2.24) is 7.96 Å². The summed E-state index contributed by atoms with van der Waals surface area (Å²) in [6.07, 6.45) is 0. The normalized spacial score (nSPS) is 17.0. The van der Waals surface area contributed by atoms with Gasteiger partial charge in [-0.15, -0.1) is 0 Å². The minimum absolute atomic E-state index is 0.759. The maximum atomic E-state index is 6.38. The van der Waals surface area contributed by atoms with Gasteiger partial charge in [0.1, 0.15) is 0 Å². The first kappa shape index (κ1) is 12.0. The molecule has 0 unspecified atom stereocenters. The Kier molecular flexibility index (Phi) is 3.70. The summed E-state index contributed by atoms with van der Waals surface area (Å²) < 4.78 is 3.82. The summed E-state index contributed by atoms with van der Waals surface area (Å²) in [4.78, 5) is 0. The van der Waals surface area contributed by atoms with Crippen LogP contribution in [0.3, 0.4) is 0 Å². The van der Waals surface area contributed by atoms with Gasteiger partial charge in [0, 0.05) is 0 Å². The molecule has 5 heteroatoms. The molecule has 0 aromatic heterocycles. The van der Waals surface area contributed by atoms with Gasteiger partial charge < -0.3 is 0 Å². The zero-order chi connectivity index (χ0) is 9.31. The molecule has 11 heavy (non-hydrogen) atoms. The van der Waals surface area contributed by atoms with E-state index in [4.69, 9.17) is 20.4 Å². The van der Waals surface area contributed by atoms with E-state index in [1.165, 1.54) is 0 Å². The van der Waals surface area contributed by atoms with Crippen molar-refractivity contribution in [3.8, 4) is 0 Å². The summed E-state index contributed by atoms with van der Waals surface area (Å²) in [5, 5.41) is 0.759. The molecule has 75 valence electrons. The third kappa shape index (κ3) is 2.02. The average Bonchev–Trinajstić information content (AvgIpc) is 1.88. The molecule has 0 spiro atoms. The van der Waals surface area contributed by atoms with Crippen LogP contribution in [0.25, 0.3) is 0 Å². The first-order chi connectivity index (χ1) is 4.74. The van der Waals surface area contributed by atoms with Gasteiger partial charge in [0.15, 0.2) is 0 Å². The van der Waals surface area contributed by atoms with Crippen LogP contribution in [0.2, 0.25) is 5.39 Å². The van der Waals surface area contributed by atoms with Gasteiger partial charge in [-0.2, -0.15) is 0 Å². The predicted octanol–water partition coefficient (Wildman–Crippen LogP) is 2.38. The van der Waals surface area contributed by atoms with Crippen molar-refractivity contribution < 1.29 is 10.0 Å². The fourth-order valence-electron chi connectivity index (χ4n) is 0.653. The third-order valence-electron chi connectivity index (χ3n) is 1.45. The molecule has 0 amide bonds. The summed E-state index contributed by atoms with van der Waals surface area (Å²) >= 11 is 0. The zero-order valence-corrected chi connectivity index (χ0v) is 10.2. The van der Waals surface area contributed by atoms with E-state index in [2.05, 4.69) is 0 Å². The molecule has 0 aromatic carbocycles. The van der Waals surface area contributed by atoms with Crippen molar-refractivity contribution in [2.75, 3.05) is 28.2 Å². The molecule has 2 nitrogen and oxygen atoms in total. The molecule has 0 aliphatic heterocycles. The number of hydrogen-bond donors (Lipinski definition) is 0. The Balaban J connectivity index is 4.80. The summed E-state index contributed by atoms with van der Waals surface area (Å²) in [7, 11) is 17.8. The van der Waals surface area contributed by atoms with Gasteiger partial charge in [0.25, 0.3) is 0 Å². The summed E-state index contributed by atoms with van der Waals surface area (Å²) in [6, 6.07) is 0. The van der Waals surface area contributed by atoms with E-state index in [-0.39, 0.29) is 0 Å². The average molecular weight is 247 g/mol. The maximum absolute atomic E-state index is 6.38. The van der Waals surface area contributed by atoms with Crippen LogP contribution in [0, 0.1) is 0 Å². The second-order valence-corrected chi connectivity index (χ2v) is 11.6. The van der Waals surface area contributed by atoms with Gasteiger partial charge in [-0.3, -0.25) is 0 Å². The van der Waals surface area contributed by atoms with Crippen molar-refractivity contribution >= 4 is 20.4 Å². The molecule has 0 aliphatic rings. The molecule has 0 radical (unpaired) electrons. The standard InChI is InChI=1S/2C2H6N.C2H5.2ClH.Ni/c2*1-3-2;1-2;;;/h2*1-2H3;1H2,2H3;2*1H;/q2*-1;;;;+4/p-2. The van der Waals surface area contributed by atoms with Crippen molar-refractivity contribution in [2.45, 2.75) is 12.3 Å². The first-order valence-corrected chi connectivity index (χ1v) is 7.54. The predicted molar refractivity (Wildman–Crippen MR) is 49.6 cm³/mol. The van der Waals surface area contributed by atoms with Crippen molar-refractivity contribution in [1.29, 1.82) is 0 Å². The summed E-state index contributed by atoms with van der Waals surface area (Å²) in [6.45, 7) is 2.01. The summed E-state index contributed by atoms with van der Waals surface area (Å²) in [5.41, 5.74) is 0. The minimum atomic E-state index is -2.58. The van der Waals surface area contributed by atoms with Crippen LogP contribution in [0.15, 0.2) is 0 Å². The quantitative estimate of drug-likeness (QED) is 0.706. The number of hydrogen-bond acceptors (Lipinski definition) is 2. The Morgan fingerprint density at radius 3 is 1.27 bits per heavy atom. The molecule has 0 bridgehead atoms. The van der Waals surface area contributed by atoms with Crippen LogP contribution in [-0.4, -0.2) is 36.2 Å². The Morgan fingerprint density at radius 2 is 1.27 bits per heavy atom. The monoisotopic (exact) mass is 245 g/mol. The second kappa shape index (κ2) is 3.39. The Labute approximate surface area is 78.9 Å². The fourth-order valence-corrected chi connectivity index (χ4v) is 2.69. The van der Waals surface area contributed by atoms with Crippen LogP contribution < -0.4 is 0 Å². The second-order valence-electron chi connectivity index (χ2n) is 2.37. The molecule has 0 atom stereocenters. The number of rotatable bonds is 3. The van der Waals surface area contributed by atoms with Gasteiger partial charge in [-0.25, -0.2) is 0 Å². The van der Waals surface area contributed by atoms with E-state index in [1.807, 2.05) is 43.1 Å². The fraction of sp³-hybridized carbons (Fsp3) is 1.00. The van der Waals surface area contributed by atoms with E-state index >= 15 is 0 Å². The topological polar surface area (TPSA) is 6.48 Å². The molecule has 0 rings (SSSR count). The third-order valence-corrected chi connectivity index (χ3v) is 10.9. The van der Waals surface area contributed by atoms with Gasteiger partial charge >= 0.3 is 78.9 Å². The Bertz CT molecular complexity index is 136. The van der Waals surface area contributed by atoms with Crippen LogP contribution in [0.1, 0.15) is 6.92 Å². The molecule has 0 aromatic rings. The van der Waals surface area contributed by atoms with Gasteiger partial charge in [0.05, 0.1) is 0 Å². The van der Waals surface area contributed by atoms with Crippen molar-refractivity contribution in [3.63, 3.8) is 0 Å². The van der Waals surface area contributed by atoms with E-state index in [0.717, 1.165) is 5.39 Å². The molecule has 0 fully saturated rings. The molecule has 0 saturated heterocycles. The molecule has 0 N–H and O–H groups in total. The van der Waals surface area contributed by atoms with E-state index in [0.29, 0.717) is 0 Å². The van der Waals surface area contributed by atoms with Crippen molar-refractivity contribution in [3.05, 3.63) is 0 Å². The Morgan fingerprint density at radius 1 is 1.00 bits per heavy atom. The van der Waals surface area contributed by atoms with Gasteiger partial charge in [0.2, 0.25) is 0 Å². The van der Waals surface area contributed by atoms with Crippen LogP contribution >= 0.6 is 20.4 Å². The van der Waals surface area contributed by atoms with Crippen molar-refractivity contribution in [2.24, 2.45) is 0 Å². The van der Waals surface area contributed by atoms with Gasteiger partial charge in [-0.05, 0) is 0 Å². The van der Waals surface area contributed by atoms with Gasteiger partial charge in [-0.1, -0.05) is 0 Å². The number of nitrogens with zero attached hydrogens (tertiary/aromatic N) is 2. The van der Waals surface area contributed by atoms with Crippen LogP contribution in [0.5, 0.6) is 0 Å². The molecule has 0 saturated carbocycles. The van der Waals surface area contributed by atoms with Crippen LogP contribution in [-0.2, 0) is 10.0 Å². The molecule has 0 aliphatic carbocycles. The van der Waals surface area contributed by atoms with E-state index in [1.54, 1.807) is 0 Å². The molecule has 0 heterocycles. The zero-order valence-electron chi connectivity index (χ0n) is 7.67. The Hall–Kier alpha value is 0.994. The van der Waals surface area contributed by atoms with Crippen LogP contribution in [0.4, 0.5) is 0 Å². The summed E-state index contributed by atoms with van der Waals surface area (Å²) in [5.74, 6) is 0.